The number of rotatable bonds is 2. The van der Waals surface area contributed by atoms with Crippen LogP contribution in [0.4, 0.5) is 4.79 Å². The van der Waals surface area contributed by atoms with Gasteiger partial charge in [0.05, 0.1) is 12.5 Å². The Morgan fingerprint density at radius 3 is 2.92 bits per heavy atom. The Morgan fingerprint density at radius 1 is 1.69 bits per heavy atom. The van der Waals surface area contributed by atoms with Crippen molar-refractivity contribution >= 4 is 23.8 Å². The lowest BCUT2D eigenvalue weighted by molar-refractivity contribution is -0.122. The second-order valence-electron chi connectivity index (χ2n) is 2.55. The molecule has 0 aromatic carbocycles. The number of amides is 2. The van der Waals surface area contributed by atoms with Gasteiger partial charge in [0.2, 0.25) is 0 Å². The van der Waals surface area contributed by atoms with Crippen molar-refractivity contribution in [2.45, 2.75) is 13.0 Å². The van der Waals surface area contributed by atoms with E-state index in [2.05, 4.69) is 0 Å². The Morgan fingerprint density at radius 2 is 2.38 bits per heavy atom. The summed E-state index contributed by atoms with van der Waals surface area (Å²) >= 11 is 1.46. The first-order valence-corrected chi connectivity index (χ1v) is 5.09. The van der Waals surface area contributed by atoms with Gasteiger partial charge in [-0.2, -0.15) is 0 Å². The summed E-state index contributed by atoms with van der Waals surface area (Å²) in [6.45, 7) is 2.00. The zero-order valence-electron chi connectivity index (χ0n) is 7.28. The molecule has 1 atom stereocenters. The third-order valence-corrected chi connectivity index (χ3v) is 2.70. The molecule has 0 aliphatic carbocycles. The van der Waals surface area contributed by atoms with Crippen LogP contribution in [0.5, 0.6) is 0 Å². The maximum Gasteiger partial charge on any atom is 0.411 e. The van der Waals surface area contributed by atoms with E-state index in [9.17, 15) is 9.59 Å². The molecule has 13 heavy (non-hydrogen) atoms. The first-order valence-electron chi connectivity index (χ1n) is 3.93. The molecule has 0 saturated carbocycles. The molecule has 0 spiro atoms. The van der Waals surface area contributed by atoms with Gasteiger partial charge < -0.3 is 4.74 Å². The molecule has 0 aromatic heterocycles. The molecule has 73 valence electrons. The number of carbonyl (C=O) groups is 2. The van der Waals surface area contributed by atoms with E-state index in [0.717, 1.165) is 0 Å². The molecule has 1 saturated heterocycles. The molecule has 1 rings (SSSR count). The van der Waals surface area contributed by atoms with Crippen LogP contribution in [-0.4, -0.2) is 41.2 Å². The van der Waals surface area contributed by atoms with Gasteiger partial charge in [0.15, 0.2) is 0 Å². The van der Waals surface area contributed by atoms with Crippen molar-refractivity contribution in [2.75, 3.05) is 18.2 Å². The third kappa shape index (κ3) is 2.27. The number of carbonyl (C=O) groups excluding carboxylic acids is 2. The van der Waals surface area contributed by atoms with E-state index in [1.54, 1.807) is 6.92 Å². The van der Waals surface area contributed by atoms with Crippen molar-refractivity contribution in [1.29, 1.82) is 0 Å². The maximum atomic E-state index is 11.2. The predicted octanol–water partition coefficient (Wildman–Crippen LogP) is 0.327. The standard InChI is InChI=1S/C7H11N2O3S/c1-2-12-7(11)9-4-13-3-5(9)6(8)10/h5,8H,2-4H2,1H3. The summed E-state index contributed by atoms with van der Waals surface area (Å²) < 4.78 is 4.74. The SMILES string of the molecule is CCOC(=O)N1CSCC1C([NH])=O. The van der Waals surface area contributed by atoms with Crippen molar-refractivity contribution in [3.63, 3.8) is 0 Å². The highest BCUT2D eigenvalue weighted by Crippen LogP contribution is 2.21. The van der Waals surface area contributed by atoms with E-state index < -0.39 is 18.0 Å². The molecule has 1 unspecified atom stereocenters. The summed E-state index contributed by atoms with van der Waals surface area (Å²) in [4.78, 5) is 23.3. The smallest absolute Gasteiger partial charge is 0.411 e. The van der Waals surface area contributed by atoms with Gasteiger partial charge in [-0.05, 0) is 6.92 Å². The lowest BCUT2D eigenvalue weighted by Gasteiger charge is -2.19. The van der Waals surface area contributed by atoms with Crippen molar-refractivity contribution < 1.29 is 14.3 Å². The van der Waals surface area contributed by atoms with Crippen LogP contribution in [0.15, 0.2) is 0 Å². The molecule has 1 radical (unpaired) electrons. The molecule has 0 aromatic rings. The normalized spacial score (nSPS) is 21.6. The molecule has 1 aliphatic heterocycles. The summed E-state index contributed by atoms with van der Waals surface area (Å²) in [7, 11) is 0. The van der Waals surface area contributed by atoms with Crippen molar-refractivity contribution in [2.24, 2.45) is 0 Å². The van der Waals surface area contributed by atoms with Gasteiger partial charge in [0, 0.05) is 5.75 Å². The Hall–Kier alpha value is -0.910. The minimum Gasteiger partial charge on any atom is -0.450 e. The fourth-order valence-corrected chi connectivity index (χ4v) is 2.19. The monoisotopic (exact) mass is 203 g/mol. The van der Waals surface area contributed by atoms with Crippen LogP contribution in [0.2, 0.25) is 0 Å². The van der Waals surface area contributed by atoms with E-state index in [1.165, 1.54) is 16.7 Å². The van der Waals surface area contributed by atoms with Crippen molar-refractivity contribution in [3.8, 4) is 0 Å². The van der Waals surface area contributed by atoms with Gasteiger partial charge in [-0.25, -0.2) is 4.79 Å². The molecule has 1 aliphatic rings. The van der Waals surface area contributed by atoms with E-state index in [4.69, 9.17) is 10.5 Å². The zero-order chi connectivity index (χ0) is 9.84. The van der Waals surface area contributed by atoms with Crippen LogP contribution in [0.25, 0.3) is 0 Å². The maximum absolute atomic E-state index is 11.2. The number of nitrogens with zero attached hydrogens (tertiary/aromatic N) is 1. The number of nitrogens with one attached hydrogen (secondary N) is 1. The number of hydrogen-bond donors (Lipinski definition) is 0. The van der Waals surface area contributed by atoms with Gasteiger partial charge in [0.1, 0.15) is 6.04 Å². The fourth-order valence-electron chi connectivity index (χ4n) is 1.05. The molecule has 1 fully saturated rings. The van der Waals surface area contributed by atoms with Crippen LogP contribution < -0.4 is 5.73 Å². The topological polar surface area (TPSA) is 70.4 Å². The molecule has 2 amide bonds. The van der Waals surface area contributed by atoms with Gasteiger partial charge in [-0.1, -0.05) is 0 Å². The molecule has 6 heteroatoms. The Labute approximate surface area is 80.6 Å². The summed E-state index contributed by atoms with van der Waals surface area (Å²) in [5.41, 5.74) is 6.93. The molecule has 1 heterocycles. The highest BCUT2D eigenvalue weighted by atomic mass is 32.2. The quantitative estimate of drug-likeness (QED) is 0.648. The summed E-state index contributed by atoms with van der Waals surface area (Å²) in [6.07, 6.45) is -0.502. The van der Waals surface area contributed by atoms with E-state index in [1.807, 2.05) is 0 Å². The summed E-state index contributed by atoms with van der Waals surface area (Å²) in [5, 5.41) is 0. The first kappa shape index (κ1) is 10.2. The average molecular weight is 203 g/mol. The van der Waals surface area contributed by atoms with Gasteiger partial charge in [-0.3, -0.25) is 15.4 Å². The molecule has 1 N–H and O–H groups in total. The predicted molar refractivity (Wildman–Crippen MR) is 48.1 cm³/mol. The average Bonchev–Trinajstić information content (AvgIpc) is 2.52. The summed E-state index contributed by atoms with van der Waals surface area (Å²) in [6, 6.07) is -0.621. The number of thioether (sulfide) groups is 1. The van der Waals surface area contributed by atoms with E-state index >= 15 is 0 Å². The van der Waals surface area contributed by atoms with Crippen LogP contribution >= 0.6 is 11.8 Å². The molecule has 5 nitrogen and oxygen atoms in total. The third-order valence-electron chi connectivity index (χ3n) is 1.69. The Kier molecular flexibility index (Phi) is 3.41. The number of hydrogen-bond acceptors (Lipinski definition) is 4. The fraction of sp³-hybridized carbons (Fsp3) is 0.714. The minimum absolute atomic E-state index is 0.291. The summed E-state index contributed by atoms with van der Waals surface area (Å²) in [5.74, 6) is 0.216. The van der Waals surface area contributed by atoms with E-state index in [-0.39, 0.29) is 0 Å². The van der Waals surface area contributed by atoms with Crippen molar-refractivity contribution in [1.82, 2.24) is 10.6 Å². The van der Waals surface area contributed by atoms with Crippen LogP contribution in [0, 0.1) is 0 Å². The van der Waals surface area contributed by atoms with E-state index in [0.29, 0.717) is 18.2 Å². The lowest BCUT2D eigenvalue weighted by Crippen LogP contribution is -2.42. The molecular weight excluding hydrogens is 192 g/mol. The molecule has 0 bridgehead atoms. The second-order valence-corrected chi connectivity index (χ2v) is 3.55. The lowest BCUT2D eigenvalue weighted by atomic mass is 10.3. The van der Waals surface area contributed by atoms with Gasteiger partial charge in [-0.15, -0.1) is 11.8 Å². The first-order chi connectivity index (χ1) is 6.16. The number of ether oxygens (including phenoxy) is 1. The van der Waals surface area contributed by atoms with Crippen molar-refractivity contribution in [3.05, 3.63) is 0 Å². The second kappa shape index (κ2) is 4.36. The highest BCUT2D eigenvalue weighted by Gasteiger charge is 2.34. The molecular formula is C7H11N2O3S. The zero-order valence-corrected chi connectivity index (χ0v) is 8.10. The Bertz CT molecular complexity index is 222. The van der Waals surface area contributed by atoms with Crippen LogP contribution in [-0.2, 0) is 9.53 Å². The largest absolute Gasteiger partial charge is 0.450 e. The van der Waals surface area contributed by atoms with Crippen LogP contribution in [0.3, 0.4) is 0 Å². The van der Waals surface area contributed by atoms with Gasteiger partial charge in [0.25, 0.3) is 5.91 Å². The van der Waals surface area contributed by atoms with Crippen LogP contribution in [0.1, 0.15) is 6.92 Å². The Balaban J connectivity index is 2.57. The highest BCUT2D eigenvalue weighted by molar-refractivity contribution is 7.99. The van der Waals surface area contributed by atoms with Gasteiger partial charge >= 0.3 is 6.09 Å². The minimum atomic E-state index is -0.724.